The van der Waals surface area contributed by atoms with Crippen LogP contribution < -0.4 is 10.6 Å². The maximum atomic E-state index is 12.0. The molecule has 4 nitrogen and oxygen atoms in total. The second kappa shape index (κ2) is 7.63. The lowest BCUT2D eigenvalue weighted by molar-refractivity contribution is -0.117. The van der Waals surface area contributed by atoms with Crippen LogP contribution in [0.25, 0.3) is 0 Å². The maximum Gasteiger partial charge on any atom is 0.224 e. The van der Waals surface area contributed by atoms with Crippen LogP contribution in [0.5, 0.6) is 0 Å². The van der Waals surface area contributed by atoms with Crippen LogP contribution in [0.4, 0.5) is 11.4 Å². The molecule has 0 aliphatic carbocycles. The first kappa shape index (κ1) is 18.5. The van der Waals surface area contributed by atoms with Gasteiger partial charge in [0, 0.05) is 29.9 Å². The van der Waals surface area contributed by atoms with Gasteiger partial charge in [-0.3, -0.25) is 4.79 Å². The number of amides is 1. The van der Waals surface area contributed by atoms with Crippen LogP contribution in [0, 0.1) is 0 Å². The molecule has 0 bridgehead atoms. The van der Waals surface area contributed by atoms with Crippen LogP contribution in [0.1, 0.15) is 54.4 Å². The van der Waals surface area contributed by atoms with Crippen molar-refractivity contribution in [2.75, 3.05) is 17.2 Å². The summed E-state index contributed by atoms with van der Waals surface area (Å²) in [5, 5.41) is 6.32. The minimum absolute atomic E-state index is 0.0179. The monoisotopic (exact) mass is 306 g/mol. The number of hydrogen-bond donors (Lipinski definition) is 2. The Morgan fingerprint density at radius 1 is 1.05 bits per heavy atom. The van der Waals surface area contributed by atoms with Gasteiger partial charge in [0.1, 0.15) is 0 Å². The summed E-state index contributed by atoms with van der Waals surface area (Å²) in [6.45, 7) is 13.0. The quantitative estimate of drug-likeness (QED) is 0.783. The van der Waals surface area contributed by atoms with Crippen molar-refractivity contribution < 1.29 is 9.53 Å². The van der Waals surface area contributed by atoms with E-state index in [0.29, 0.717) is 19.4 Å². The van der Waals surface area contributed by atoms with E-state index in [1.807, 2.05) is 45.0 Å². The fourth-order valence-electron chi connectivity index (χ4n) is 2.17. The van der Waals surface area contributed by atoms with Gasteiger partial charge in [0.05, 0.1) is 5.60 Å². The minimum atomic E-state index is -0.257. The third-order valence-corrected chi connectivity index (χ3v) is 3.18. The van der Waals surface area contributed by atoms with Gasteiger partial charge in [0.15, 0.2) is 0 Å². The Morgan fingerprint density at radius 3 is 2.09 bits per heavy atom. The lowest BCUT2D eigenvalue weighted by atomic mass is 10.0. The van der Waals surface area contributed by atoms with E-state index in [1.54, 1.807) is 0 Å². The molecule has 0 fully saturated rings. The summed E-state index contributed by atoms with van der Waals surface area (Å²) in [6, 6.07) is 7.79. The van der Waals surface area contributed by atoms with Crippen molar-refractivity contribution in [3.05, 3.63) is 24.3 Å². The van der Waals surface area contributed by atoms with E-state index in [1.165, 1.54) is 0 Å². The molecule has 0 saturated heterocycles. The first-order valence-electron chi connectivity index (χ1n) is 7.93. The molecule has 0 unspecified atom stereocenters. The average Bonchev–Trinajstić information content (AvgIpc) is 2.37. The number of ether oxygens (including phenoxy) is 1. The van der Waals surface area contributed by atoms with Crippen molar-refractivity contribution in [2.45, 2.75) is 65.5 Å². The van der Waals surface area contributed by atoms with E-state index in [9.17, 15) is 4.79 Å². The highest BCUT2D eigenvalue weighted by atomic mass is 16.5. The Balaban J connectivity index is 2.48. The van der Waals surface area contributed by atoms with E-state index in [4.69, 9.17) is 4.74 Å². The normalized spacial score (nSPS) is 12.1. The van der Waals surface area contributed by atoms with Crippen molar-refractivity contribution in [1.29, 1.82) is 0 Å². The zero-order valence-electron chi connectivity index (χ0n) is 14.7. The first-order valence-corrected chi connectivity index (χ1v) is 7.93. The number of anilines is 2. The molecule has 0 spiro atoms. The Hall–Kier alpha value is -1.55. The number of carbonyl (C=O) groups is 1. The van der Waals surface area contributed by atoms with Crippen LogP contribution in [0.15, 0.2) is 24.3 Å². The van der Waals surface area contributed by atoms with Gasteiger partial charge in [-0.05, 0) is 72.2 Å². The van der Waals surface area contributed by atoms with Gasteiger partial charge in [-0.25, -0.2) is 0 Å². The van der Waals surface area contributed by atoms with Crippen LogP contribution in [0.2, 0.25) is 0 Å². The molecule has 1 amide bonds. The molecular formula is C18H30N2O2. The van der Waals surface area contributed by atoms with Gasteiger partial charge in [-0.2, -0.15) is 0 Å². The molecule has 124 valence electrons. The van der Waals surface area contributed by atoms with Gasteiger partial charge in [-0.15, -0.1) is 0 Å². The molecule has 0 radical (unpaired) electrons. The van der Waals surface area contributed by atoms with Crippen molar-refractivity contribution in [3.8, 4) is 0 Å². The van der Waals surface area contributed by atoms with Crippen molar-refractivity contribution in [2.24, 2.45) is 0 Å². The first-order chi connectivity index (χ1) is 10.1. The number of rotatable bonds is 7. The summed E-state index contributed by atoms with van der Waals surface area (Å²) in [7, 11) is 0. The summed E-state index contributed by atoms with van der Waals surface area (Å²) in [5.74, 6) is 0.0179. The maximum absolute atomic E-state index is 12.0. The van der Waals surface area contributed by atoms with Crippen molar-refractivity contribution in [1.82, 2.24) is 0 Å². The smallest absolute Gasteiger partial charge is 0.224 e. The van der Waals surface area contributed by atoms with E-state index in [-0.39, 0.29) is 17.0 Å². The van der Waals surface area contributed by atoms with Crippen LogP contribution in [-0.4, -0.2) is 23.7 Å². The fourth-order valence-corrected chi connectivity index (χ4v) is 2.17. The lowest BCUT2D eigenvalue weighted by Gasteiger charge is -2.24. The van der Waals surface area contributed by atoms with Gasteiger partial charge in [0.2, 0.25) is 5.91 Å². The topological polar surface area (TPSA) is 50.4 Å². The Labute approximate surface area is 134 Å². The van der Waals surface area contributed by atoms with Gasteiger partial charge in [0.25, 0.3) is 0 Å². The SMILES string of the molecule is CCOC(C)(C)CCC(=O)Nc1ccc(NC(C)(C)C)cc1. The summed E-state index contributed by atoms with van der Waals surface area (Å²) in [5.41, 5.74) is 1.63. The number of hydrogen-bond acceptors (Lipinski definition) is 3. The molecule has 0 atom stereocenters. The second-order valence-electron chi connectivity index (χ2n) is 7.19. The molecule has 1 aromatic carbocycles. The lowest BCUT2D eigenvalue weighted by Crippen LogP contribution is -2.26. The van der Waals surface area contributed by atoms with Gasteiger partial charge in [-0.1, -0.05) is 0 Å². The van der Waals surface area contributed by atoms with Gasteiger partial charge < -0.3 is 15.4 Å². The molecule has 0 aliphatic heterocycles. The van der Waals surface area contributed by atoms with Crippen molar-refractivity contribution in [3.63, 3.8) is 0 Å². The molecule has 4 heteroatoms. The summed E-state index contributed by atoms with van der Waals surface area (Å²) in [4.78, 5) is 12.0. The minimum Gasteiger partial charge on any atom is -0.380 e. The van der Waals surface area contributed by atoms with Crippen LogP contribution in [-0.2, 0) is 9.53 Å². The molecule has 0 saturated carbocycles. The van der Waals surface area contributed by atoms with E-state index >= 15 is 0 Å². The number of benzene rings is 1. The van der Waals surface area contributed by atoms with E-state index < -0.39 is 0 Å². The number of nitrogens with one attached hydrogen (secondary N) is 2. The largest absolute Gasteiger partial charge is 0.380 e. The predicted octanol–water partition coefficient (Wildman–Crippen LogP) is 4.43. The van der Waals surface area contributed by atoms with E-state index in [2.05, 4.69) is 31.4 Å². The van der Waals surface area contributed by atoms with Crippen LogP contribution >= 0.6 is 0 Å². The fraction of sp³-hybridized carbons (Fsp3) is 0.611. The standard InChI is InChI=1S/C18H30N2O2/c1-7-22-18(5,6)13-12-16(21)19-14-8-10-15(11-9-14)20-17(2,3)4/h8-11,20H,7,12-13H2,1-6H3,(H,19,21). The average molecular weight is 306 g/mol. The molecule has 0 aliphatic rings. The second-order valence-corrected chi connectivity index (χ2v) is 7.19. The summed E-state index contributed by atoms with van der Waals surface area (Å²) >= 11 is 0. The molecular weight excluding hydrogens is 276 g/mol. The molecule has 0 aromatic heterocycles. The van der Waals surface area contributed by atoms with Gasteiger partial charge >= 0.3 is 0 Å². The highest BCUT2D eigenvalue weighted by Gasteiger charge is 2.19. The highest BCUT2D eigenvalue weighted by molar-refractivity contribution is 5.90. The molecule has 22 heavy (non-hydrogen) atoms. The molecule has 2 N–H and O–H groups in total. The summed E-state index contributed by atoms with van der Waals surface area (Å²) < 4.78 is 5.60. The van der Waals surface area contributed by atoms with E-state index in [0.717, 1.165) is 11.4 Å². The summed E-state index contributed by atoms with van der Waals surface area (Å²) in [6.07, 6.45) is 1.16. The van der Waals surface area contributed by atoms with Crippen LogP contribution in [0.3, 0.4) is 0 Å². The Bertz CT molecular complexity index is 473. The molecule has 0 heterocycles. The third kappa shape index (κ3) is 7.46. The van der Waals surface area contributed by atoms with Crippen molar-refractivity contribution >= 4 is 17.3 Å². The predicted molar refractivity (Wildman–Crippen MR) is 93.4 cm³/mol. The third-order valence-electron chi connectivity index (χ3n) is 3.18. The highest BCUT2D eigenvalue weighted by Crippen LogP contribution is 2.19. The number of carbonyl (C=O) groups excluding carboxylic acids is 1. The zero-order chi connectivity index (χ0) is 16.8. The Morgan fingerprint density at radius 2 is 1.59 bits per heavy atom. The molecule has 1 rings (SSSR count). The molecule has 1 aromatic rings. The Kier molecular flexibility index (Phi) is 6.42. The zero-order valence-corrected chi connectivity index (χ0v) is 14.7.